The fourth-order valence-electron chi connectivity index (χ4n) is 1.52. The van der Waals surface area contributed by atoms with Crippen LogP contribution in [0.15, 0.2) is 12.1 Å². The minimum absolute atomic E-state index is 0.142. The van der Waals surface area contributed by atoms with E-state index in [1.807, 2.05) is 0 Å². The summed E-state index contributed by atoms with van der Waals surface area (Å²) in [4.78, 5) is 11.5. The first kappa shape index (κ1) is 15.3. The zero-order chi connectivity index (χ0) is 14.6. The van der Waals surface area contributed by atoms with Crippen molar-refractivity contribution in [3.8, 4) is 0 Å². The summed E-state index contributed by atoms with van der Waals surface area (Å²) in [5, 5.41) is 7.76. The normalized spacial score (nSPS) is 11.1. The van der Waals surface area contributed by atoms with Crippen molar-refractivity contribution in [2.75, 3.05) is 30.5 Å². The maximum absolute atomic E-state index is 11.5. The van der Waals surface area contributed by atoms with Crippen LogP contribution in [0.5, 0.6) is 0 Å². The van der Waals surface area contributed by atoms with Gasteiger partial charge in [0.15, 0.2) is 0 Å². The van der Waals surface area contributed by atoms with Crippen molar-refractivity contribution < 1.29 is 17.9 Å². The van der Waals surface area contributed by atoms with Gasteiger partial charge in [-0.3, -0.25) is 0 Å². The Hall–Kier alpha value is -1.80. The van der Waals surface area contributed by atoms with Gasteiger partial charge in [0.1, 0.15) is 0 Å². The van der Waals surface area contributed by atoms with Gasteiger partial charge in [-0.05, 0) is 24.6 Å². The van der Waals surface area contributed by atoms with Crippen LogP contribution >= 0.6 is 0 Å². The van der Waals surface area contributed by atoms with Crippen molar-refractivity contribution in [1.82, 2.24) is 0 Å². The lowest BCUT2D eigenvalue weighted by Gasteiger charge is -2.12. The molecule has 1 aromatic carbocycles. The number of nitrogen functional groups attached to an aromatic ring is 1. The van der Waals surface area contributed by atoms with Crippen LogP contribution < -0.4 is 16.2 Å². The monoisotopic (exact) mass is 287 g/mol. The highest BCUT2D eigenvalue weighted by molar-refractivity contribution is 7.89. The smallest absolute Gasteiger partial charge is 0.340 e. The zero-order valence-corrected chi connectivity index (χ0v) is 11.6. The molecule has 0 aliphatic heterocycles. The maximum atomic E-state index is 11.5. The molecule has 0 aliphatic rings. The van der Waals surface area contributed by atoms with Gasteiger partial charge in [0, 0.05) is 17.9 Å². The fourth-order valence-corrected chi connectivity index (χ4v) is 1.90. The Balaban J connectivity index is 2.91. The number of aryl methyl sites for hydroxylation is 1. The summed E-state index contributed by atoms with van der Waals surface area (Å²) in [6.45, 7) is 1.88. The Kier molecular flexibility index (Phi) is 4.73. The number of rotatable bonds is 5. The third kappa shape index (κ3) is 4.42. The van der Waals surface area contributed by atoms with Crippen molar-refractivity contribution in [3.63, 3.8) is 0 Å². The van der Waals surface area contributed by atoms with E-state index in [1.165, 1.54) is 13.2 Å². The molecule has 0 unspecified atom stereocenters. The molecule has 0 aromatic heterocycles. The lowest BCUT2D eigenvalue weighted by molar-refractivity contribution is 0.0602. The van der Waals surface area contributed by atoms with Gasteiger partial charge in [-0.15, -0.1) is 0 Å². The predicted molar refractivity (Wildman–Crippen MR) is 73.4 cm³/mol. The molecule has 0 spiro atoms. The molecule has 7 nitrogen and oxygen atoms in total. The number of esters is 1. The summed E-state index contributed by atoms with van der Waals surface area (Å²) in [6.07, 6.45) is 0. The minimum atomic E-state index is -3.52. The molecule has 0 radical (unpaired) electrons. The van der Waals surface area contributed by atoms with Gasteiger partial charge in [0.05, 0.1) is 18.4 Å². The number of methoxy groups -OCH3 is 1. The van der Waals surface area contributed by atoms with Gasteiger partial charge in [0.25, 0.3) is 0 Å². The van der Waals surface area contributed by atoms with E-state index >= 15 is 0 Å². The van der Waals surface area contributed by atoms with Gasteiger partial charge in [-0.25, -0.2) is 18.4 Å². The largest absolute Gasteiger partial charge is 0.465 e. The number of hydrogen-bond donors (Lipinski definition) is 3. The number of sulfonamides is 1. The lowest BCUT2D eigenvalue weighted by Crippen LogP contribution is -2.22. The van der Waals surface area contributed by atoms with Crippen molar-refractivity contribution in [2.24, 2.45) is 5.14 Å². The van der Waals surface area contributed by atoms with Gasteiger partial charge < -0.3 is 15.8 Å². The fraction of sp³-hybridized carbons (Fsp3) is 0.364. The van der Waals surface area contributed by atoms with E-state index in [9.17, 15) is 13.2 Å². The second-order valence-electron chi connectivity index (χ2n) is 4.04. The van der Waals surface area contributed by atoms with Gasteiger partial charge in [-0.1, -0.05) is 0 Å². The zero-order valence-electron chi connectivity index (χ0n) is 10.8. The van der Waals surface area contributed by atoms with Crippen molar-refractivity contribution in [1.29, 1.82) is 0 Å². The first-order valence-electron chi connectivity index (χ1n) is 5.47. The molecule has 8 heteroatoms. The molecule has 19 heavy (non-hydrogen) atoms. The molecule has 0 heterocycles. The number of benzene rings is 1. The van der Waals surface area contributed by atoms with Crippen LogP contribution in [-0.4, -0.2) is 33.8 Å². The molecule has 106 valence electrons. The molecular weight excluding hydrogens is 270 g/mol. The van der Waals surface area contributed by atoms with Crippen LogP contribution in [-0.2, 0) is 14.8 Å². The number of hydrogen-bond acceptors (Lipinski definition) is 6. The molecule has 0 bridgehead atoms. The van der Waals surface area contributed by atoms with Crippen LogP contribution in [0.1, 0.15) is 15.9 Å². The highest BCUT2D eigenvalue weighted by Gasteiger charge is 2.13. The quantitative estimate of drug-likeness (QED) is 0.519. The van der Waals surface area contributed by atoms with Crippen LogP contribution in [0, 0.1) is 6.92 Å². The summed E-state index contributed by atoms with van der Waals surface area (Å²) in [7, 11) is -2.26. The number of nitrogens with one attached hydrogen (secondary N) is 1. The first-order chi connectivity index (χ1) is 8.74. The number of carbonyl (C=O) groups is 1. The molecule has 0 aliphatic carbocycles. The molecule has 0 amide bonds. The Labute approximate surface area is 112 Å². The van der Waals surface area contributed by atoms with E-state index in [1.54, 1.807) is 13.0 Å². The van der Waals surface area contributed by atoms with Crippen molar-refractivity contribution >= 4 is 27.4 Å². The Morgan fingerprint density at radius 1 is 1.42 bits per heavy atom. The molecule has 1 rings (SSSR count). The van der Waals surface area contributed by atoms with Crippen LogP contribution in [0.3, 0.4) is 0 Å². The second kappa shape index (κ2) is 5.89. The van der Waals surface area contributed by atoms with Crippen LogP contribution in [0.2, 0.25) is 0 Å². The standard InChI is InChI=1S/C11H17N3O4S/c1-7-5-8(14-3-4-19(13,16)17)6-9(10(7)12)11(15)18-2/h5-6,14H,3-4,12H2,1-2H3,(H2,13,16,17). The van der Waals surface area contributed by atoms with Crippen molar-refractivity contribution in [3.05, 3.63) is 23.3 Å². The van der Waals surface area contributed by atoms with Gasteiger partial charge in [0.2, 0.25) is 10.0 Å². The van der Waals surface area contributed by atoms with Crippen LogP contribution in [0.4, 0.5) is 11.4 Å². The van der Waals surface area contributed by atoms with E-state index in [-0.39, 0.29) is 17.9 Å². The molecule has 5 N–H and O–H groups in total. The minimum Gasteiger partial charge on any atom is -0.465 e. The third-order valence-corrected chi connectivity index (χ3v) is 3.28. The topological polar surface area (TPSA) is 125 Å². The Morgan fingerprint density at radius 3 is 2.58 bits per heavy atom. The number of carbonyl (C=O) groups excluding carboxylic acids is 1. The molecule has 0 saturated heterocycles. The van der Waals surface area contributed by atoms with E-state index < -0.39 is 16.0 Å². The summed E-state index contributed by atoms with van der Waals surface area (Å²) < 4.78 is 26.2. The predicted octanol–water partition coefficient (Wildman–Crippen LogP) is 0.0642. The molecule has 0 atom stereocenters. The van der Waals surface area contributed by atoms with Crippen molar-refractivity contribution in [2.45, 2.75) is 6.92 Å². The summed E-state index contributed by atoms with van der Waals surface area (Å²) in [6, 6.07) is 3.22. The second-order valence-corrected chi connectivity index (χ2v) is 5.77. The van der Waals surface area contributed by atoms with E-state index in [0.717, 1.165) is 0 Å². The van der Waals surface area contributed by atoms with Crippen LogP contribution in [0.25, 0.3) is 0 Å². The van der Waals surface area contributed by atoms with E-state index in [2.05, 4.69) is 10.1 Å². The summed E-state index contributed by atoms with van der Waals surface area (Å²) >= 11 is 0. The first-order valence-corrected chi connectivity index (χ1v) is 7.19. The van der Waals surface area contributed by atoms with E-state index in [4.69, 9.17) is 10.9 Å². The van der Waals surface area contributed by atoms with Gasteiger partial charge >= 0.3 is 5.97 Å². The Morgan fingerprint density at radius 2 is 2.05 bits per heavy atom. The number of nitrogens with two attached hydrogens (primary N) is 2. The molecular formula is C11H17N3O4S. The number of ether oxygens (including phenoxy) is 1. The average Bonchev–Trinajstić information content (AvgIpc) is 2.30. The molecule has 0 fully saturated rings. The third-order valence-electron chi connectivity index (χ3n) is 2.51. The number of primary sulfonamides is 1. The summed E-state index contributed by atoms with van der Waals surface area (Å²) in [5.74, 6) is -0.750. The van der Waals surface area contributed by atoms with Gasteiger partial charge in [-0.2, -0.15) is 0 Å². The Bertz CT molecular complexity index is 584. The van der Waals surface area contributed by atoms with E-state index in [0.29, 0.717) is 16.9 Å². The molecule has 1 aromatic rings. The number of anilines is 2. The highest BCUT2D eigenvalue weighted by atomic mass is 32.2. The lowest BCUT2D eigenvalue weighted by atomic mass is 10.1. The average molecular weight is 287 g/mol. The SMILES string of the molecule is COC(=O)c1cc(NCCS(N)(=O)=O)cc(C)c1N. The molecule has 0 saturated carbocycles. The highest BCUT2D eigenvalue weighted by Crippen LogP contribution is 2.23. The maximum Gasteiger partial charge on any atom is 0.340 e. The summed E-state index contributed by atoms with van der Waals surface area (Å²) in [5.41, 5.74) is 7.63.